The molecule has 0 saturated heterocycles. The maximum absolute atomic E-state index is 10.2. The minimum Gasteiger partial charge on any atom is -0.510 e. The topological polar surface area (TPSA) is 157 Å². The third kappa shape index (κ3) is 6.66. The van der Waals surface area contributed by atoms with Crippen molar-refractivity contribution >= 4 is 28.5 Å². The molecule has 0 aliphatic carbocycles. The predicted octanol–water partition coefficient (Wildman–Crippen LogP) is 2.40. The second-order valence-corrected chi connectivity index (χ2v) is 8.33. The molecule has 0 aliphatic rings. The van der Waals surface area contributed by atoms with Crippen LogP contribution in [-0.2, 0) is 27.3 Å². The van der Waals surface area contributed by atoms with Crippen LogP contribution in [0.15, 0.2) is 54.4 Å². The fraction of sp³-hybridized carbons (Fsp3) is 0.308. The predicted molar refractivity (Wildman–Crippen MR) is 139 cm³/mol. The van der Waals surface area contributed by atoms with Crippen LogP contribution in [0.5, 0.6) is 5.88 Å². The third-order valence-electron chi connectivity index (χ3n) is 5.54. The summed E-state index contributed by atoms with van der Waals surface area (Å²) in [5.41, 5.74) is 2.23. The fourth-order valence-electron chi connectivity index (χ4n) is 3.75. The lowest BCUT2D eigenvalue weighted by Gasteiger charge is -2.10. The van der Waals surface area contributed by atoms with Crippen LogP contribution >= 0.6 is 0 Å². The fourth-order valence-corrected chi connectivity index (χ4v) is 3.75. The quantitative estimate of drug-likeness (QED) is 0.0928. The summed E-state index contributed by atoms with van der Waals surface area (Å²) in [4.78, 5) is 14.7. The van der Waals surface area contributed by atoms with Crippen LogP contribution in [0.1, 0.15) is 23.5 Å². The van der Waals surface area contributed by atoms with E-state index in [0.29, 0.717) is 37.7 Å². The molecule has 4 aromatic rings. The Morgan fingerprint density at radius 1 is 1.16 bits per heavy atom. The first kappa shape index (κ1) is 26.6. The Balaban J connectivity index is 1.45. The molecule has 3 aromatic heterocycles. The Morgan fingerprint density at radius 2 is 2.00 bits per heavy atom. The van der Waals surface area contributed by atoms with E-state index in [1.54, 1.807) is 0 Å². The SMILES string of the molecule is COC/C(O)=C/C(=N)c1nnc2c3ccccc3c(OCc3ccc(CCCOCCNC=O)cn3)nn12. The number of amides is 1. The van der Waals surface area contributed by atoms with Gasteiger partial charge in [-0.3, -0.25) is 15.2 Å². The van der Waals surface area contributed by atoms with Gasteiger partial charge in [0.25, 0.3) is 0 Å². The molecular formula is C26H29N7O5. The summed E-state index contributed by atoms with van der Waals surface area (Å²) >= 11 is 0. The molecule has 198 valence electrons. The van der Waals surface area contributed by atoms with E-state index < -0.39 is 0 Å². The first-order valence-corrected chi connectivity index (χ1v) is 12.0. The number of carbonyl (C=O) groups is 1. The van der Waals surface area contributed by atoms with Crippen LogP contribution in [0.25, 0.3) is 16.4 Å². The van der Waals surface area contributed by atoms with Gasteiger partial charge in [-0.2, -0.15) is 4.52 Å². The second kappa shape index (κ2) is 13.2. The average molecular weight is 520 g/mol. The lowest BCUT2D eigenvalue weighted by atomic mass is 10.1. The van der Waals surface area contributed by atoms with E-state index in [0.717, 1.165) is 34.9 Å². The molecule has 0 unspecified atom stereocenters. The minimum absolute atomic E-state index is 0.0242. The van der Waals surface area contributed by atoms with Crippen molar-refractivity contribution in [2.24, 2.45) is 0 Å². The van der Waals surface area contributed by atoms with Gasteiger partial charge in [0.1, 0.15) is 24.7 Å². The number of fused-ring (bicyclic) bond motifs is 3. The van der Waals surface area contributed by atoms with Crippen LogP contribution in [0.2, 0.25) is 0 Å². The number of hydrogen-bond donors (Lipinski definition) is 3. The summed E-state index contributed by atoms with van der Waals surface area (Å²) in [5, 5.41) is 35.2. The number of nitrogens with one attached hydrogen (secondary N) is 2. The lowest BCUT2D eigenvalue weighted by molar-refractivity contribution is -0.109. The zero-order valence-electron chi connectivity index (χ0n) is 21.0. The number of aliphatic hydroxyl groups excluding tert-OH is 1. The van der Waals surface area contributed by atoms with Crippen molar-refractivity contribution in [2.75, 3.05) is 33.5 Å². The van der Waals surface area contributed by atoms with Gasteiger partial charge >= 0.3 is 0 Å². The highest BCUT2D eigenvalue weighted by atomic mass is 16.5. The number of carbonyl (C=O) groups excluding carboxylic acids is 1. The molecule has 0 saturated carbocycles. The van der Waals surface area contributed by atoms with E-state index >= 15 is 0 Å². The standard InChI is InChI=1S/C26H29N7O5/c1-36-16-20(35)13-23(27)25-31-30-24-21-6-2-3-7-22(21)26(32-33(24)25)38-15-19-9-8-18(14-29-19)5-4-11-37-12-10-28-17-34/h2-3,6-9,13-14,17,27,35H,4-5,10-12,15-16H2,1H3,(H,28,34)/b20-13-,27-23?. The molecular weight excluding hydrogens is 490 g/mol. The normalized spacial score (nSPS) is 11.7. The van der Waals surface area contributed by atoms with E-state index in [4.69, 9.17) is 19.6 Å². The first-order valence-electron chi connectivity index (χ1n) is 12.0. The number of hydrogen-bond acceptors (Lipinski definition) is 10. The van der Waals surface area contributed by atoms with Crippen LogP contribution in [0.3, 0.4) is 0 Å². The van der Waals surface area contributed by atoms with Crippen molar-refractivity contribution in [3.05, 3.63) is 71.5 Å². The minimum atomic E-state index is -0.111. The molecule has 1 amide bonds. The van der Waals surface area contributed by atoms with Gasteiger partial charge in [-0.05, 0) is 30.5 Å². The summed E-state index contributed by atoms with van der Waals surface area (Å²) in [7, 11) is 1.45. The van der Waals surface area contributed by atoms with Crippen molar-refractivity contribution in [3.63, 3.8) is 0 Å². The van der Waals surface area contributed by atoms with E-state index in [9.17, 15) is 9.90 Å². The molecule has 1 aromatic carbocycles. The average Bonchev–Trinajstić information content (AvgIpc) is 3.36. The molecule has 0 fully saturated rings. The van der Waals surface area contributed by atoms with Crippen LogP contribution in [-0.4, -0.2) is 75.5 Å². The van der Waals surface area contributed by atoms with E-state index in [2.05, 4.69) is 25.6 Å². The molecule has 38 heavy (non-hydrogen) atoms. The zero-order chi connectivity index (χ0) is 26.7. The number of benzene rings is 1. The summed E-state index contributed by atoms with van der Waals surface area (Å²) < 4.78 is 17.9. The smallest absolute Gasteiger partial charge is 0.240 e. The molecule has 0 atom stereocenters. The Hall–Kier alpha value is -4.42. The van der Waals surface area contributed by atoms with Crippen LogP contribution in [0.4, 0.5) is 0 Å². The van der Waals surface area contributed by atoms with E-state index in [1.165, 1.54) is 17.7 Å². The highest BCUT2D eigenvalue weighted by Gasteiger charge is 2.17. The Labute approximate surface area is 218 Å². The Kier molecular flexibility index (Phi) is 9.27. The summed E-state index contributed by atoms with van der Waals surface area (Å²) in [6.45, 7) is 1.78. The van der Waals surface area contributed by atoms with Crippen molar-refractivity contribution in [3.8, 4) is 5.88 Å². The van der Waals surface area contributed by atoms with Crippen LogP contribution < -0.4 is 10.1 Å². The lowest BCUT2D eigenvalue weighted by Crippen LogP contribution is -2.17. The van der Waals surface area contributed by atoms with Gasteiger partial charge in [0.2, 0.25) is 18.1 Å². The molecule has 3 N–H and O–H groups in total. The maximum atomic E-state index is 10.2. The number of allylic oxidation sites excluding steroid dienone is 1. The largest absolute Gasteiger partial charge is 0.510 e. The summed E-state index contributed by atoms with van der Waals surface area (Å²) in [6.07, 6.45) is 5.41. The summed E-state index contributed by atoms with van der Waals surface area (Å²) in [6, 6.07) is 11.4. The van der Waals surface area contributed by atoms with Crippen LogP contribution in [0, 0.1) is 5.41 Å². The number of aromatic nitrogens is 5. The number of nitrogens with zero attached hydrogens (tertiary/aromatic N) is 5. The monoisotopic (exact) mass is 519 g/mol. The van der Waals surface area contributed by atoms with Gasteiger partial charge in [-0.15, -0.1) is 15.3 Å². The molecule has 4 rings (SSSR count). The van der Waals surface area contributed by atoms with Gasteiger partial charge in [0.15, 0.2) is 5.65 Å². The number of methoxy groups -OCH3 is 1. The molecule has 3 heterocycles. The highest BCUT2D eigenvalue weighted by molar-refractivity contribution is 6.05. The Bertz CT molecular complexity index is 1420. The maximum Gasteiger partial charge on any atom is 0.240 e. The van der Waals surface area contributed by atoms with E-state index in [-0.39, 0.29) is 30.5 Å². The van der Waals surface area contributed by atoms with Crippen molar-refractivity contribution < 1.29 is 24.1 Å². The van der Waals surface area contributed by atoms with Crippen molar-refractivity contribution in [2.45, 2.75) is 19.4 Å². The van der Waals surface area contributed by atoms with Gasteiger partial charge in [-0.1, -0.05) is 24.3 Å². The third-order valence-corrected chi connectivity index (χ3v) is 5.54. The summed E-state index contributed by atoms with van der Waals surface area (Å²) in [5.74, 6) is 0.393. The van der Waals surface area contributed by atoms with Gasteiger partial charge in [-0.25, -0.2) is 0 Å². The van der Waals surface area contributed by atoms with Gasteiger partial charge < -0.3 is 24.6 Å². The van der Waals surface area contributed by atoms with Crippen molar-refractivity contribution in [1.29, 1.82) is 5.41 Å². The molecule has 12 nitrogen and oxygen atoms in total. The molecule has 12 heteroatoms. The van der Waals surface area contributed by atoms with Crippen molar-refractivity contribution in [1.82, 2.24) is 30.1 Å². The van der Waals surface area contributed by atoms with E-state index in [1.807, 2.05) is 42.6 Å². The number of aliphatic hydroxyl groups is 1. The second-order valence-electron chi connectivity index (χ2n) is 8.33. The molecule has 0 bridgehead atoms. The molecule has 0 spiro atoms. The number of aryl methyl sites for hydroxylation is 1. The van der Waals surface area contributed by atoms with Gasteiger partial charge in [0, 0.05) is 43.3 Å². The molecule has 0 radical (unpaired) electrons. The van der Waals surface area contributed by atoms with Gasteiger partial charge in [0.05, 0.1) is 12.3 Å². The zero-order valence-corrected chi connectivity index (χ0v) is 21.0. The molecule has 0 aliphatic heterocycles. The number of ether oxygens (including phenoxy) is 3. The first-order chi connectivity index (χ1) is 18.6. The number of pyridine rings is 1. The number of rotatable bonds is 15. The Morgan fingerprint density at radius 3 is 2.76 bits per heavy atom. The highest BCUT2D eigenvalue weighted by Crippen LogP contribution is 2.27.